The molecule has 1 amide bonds. The van der Waals surface area contributed by atoms with Crippen molar-refractivity contribution in [2.24, 2.45) is 5.73 Å². The van der Waals surface area contributed by atoms with E-state index in [4.69, 9.17) is 15.6 Å². The van der Waals surface area contributed by atoms with Gasteiger partial charge in [0.05, 0.1) is 5.92 Å². The van der Waals surface area contributed by atoms with Gasteiger partial charge in [0.1, 0.15) is 17.8 Å². The predicted octanol–water partition coefficient (Wildman–Crippen LogP) is 1.08. The van der Waals surface area contributed by atoms with E-state index in [1.165, 1.54) is 6.92 Å². The molecule has 29 heavy (non-hydrogen) atoms. The highest BCUT2D eigenvalue weighted by Gasteiger charge is 2.58. The first-order chi connectivity index (χ1) is 13.7. The predicted molar refractivity (Wildman–Crippen MR) is 93.8 cm³/mol. The fraction of sp³-hybridized carbons (Fsp3) is 0.294. The van der Waals surface area contributed by atoms with Crippen LogP contribution >= 0.6 is 0 Å². The quantitative estimate of drug-likeness (QED) is 0.442. The second-order valence-electron chi connectivity index (χ2n) is 6.68. The summed E-state index contributed by atoms with van der Waals surface area (Å²) in [6, 6.07) is 6.20. The van der Waals surface area contributed by atoms with E-state index < -0.39 is 36.0 Å². The number of nitrogens with one attached hydrogen (secondary N) is 3. The van der Waals surface area contributed by atoms with Crippen molar-refractivity contribution in [3.05, 3.63) is 53.4 Å². The SMILES string of the molecule is CC1=C(c2nnc(C(=N)N)o2)C(=O)N2NC(C(F)(F)F)C(c3ccccc3)C2N1. The maximum atomic E-state index is 13.8. The number of carbonyl (C=O) groups is 1. The highest BCUT2D eigenvalue weighted by Crippen LogP contribution is 2.42. The van der Waals surface area contributed by atoms with Gasteiger partial charge >= 0.3 is 6.18 Å². The number of nitrogens with zero attached hydrogens (tertiary/aromatic N) is 3. The number of rotatable bonds is 3. The number of fused-ring (bicyclic) bond motifs is 1. The third kappa shape index (κ3) is 3.10. The lowest BCUT2D eigenvalue weighted by atomic mass is 9.89. The fourth-order valence-electron chi connectivity index (χ4n) is 3.58. The molecule has 3 atom stereocenters. The maximum absolute atomic E-state index is 13.8. The lowest BCUT2D eigenvalue weighted by Gasteiger charge is -2.34. The lowest BCUT2D eigenvalue weighted by molar-refractivity contribution is -0.161. The van der Waals surface area contributed by atoms with Crippen LogP contribution in [0.15, 0.2) is 40.4 Å². The number of hydrazine groups is 1. The number of carbonyl (C=O) groups excluding carboxylic acids is 1. The van der Waals surface area contributed by atoms with E-state index in [0.29, 0.717) is 5.56 Å². The molecule has 9 nitrogen and oxygen atoms in total. The van der Waals surface area contributed by atoms with Crippen molar-refractivity contribution < 1.29 is 22.4 Å². The number of amidine groups is 1. The van der Waals surface area contributed by atoms with Crippen LogP contribution in [0, 0.1) is 5.41 Å². The molecular weight excluding hydrogens is 391 g/mol. The topological polar surface area (TPSA) is 133 Å². The molecule has 1 aromatic heterocycles. The molecule has 2 aliphatic heterocycles. The first-order valence-electron chi connectivity index (χ1n) is 8.55. The molecule has 1 saturated heterocycles. The van der Waals surface area contributed by atoms with Gasteiger partial charge in [0.15, 0.2) is 5.84 Å². The van der Waals surface area contributed by atoms with E-state index in [1.54, 1.807) is 30.3 Å². The zero-order valence-electron chi connectivity index (χ0n) is 15.0. The molecule has 2 aromatic rings. The summed E-state index contributed by atoms with van der Waals surface area (Å²) >= 11 is 0. The molecule has 0 spiro atoms. The Hall–Kier alpha value is -3.41. The molecular formula is C17H16F3N7O2. The molecule has 5 N–H and O–H groups in total. The Morgan fingerprint density at radius 2 is 1.97 bits per heavy atom. The van der Waals surface area contributed by atoms with E-state index >= 15 is 0 Å². The van der Waals surface area contributed by atoms with Crippen LogP contribution in [0.2, 0.25) is 0 Å². The van der Waals surface area contributed by atoms with Crippen LogP contribution in [-0.2, 0) is 4.79 Å². The van der Waals surface area contributed by atoms with Gasteiger partial charge in [-0.15, -0.1) is 10.2 Å². The summed E-state index contributed by atoms with van der Waals surface area (Å²) in [4.78, 5) is 13.0. The zero-order valence-corrected chi connectivity index (χ0v) is 15.0. The van der Waals surface area contributed by atoms with Gasteiger partial charge in [-0.2, -0.15) is 13.2 Å². The van der Waals surface area contributed by atoms with Gasteiger partial charge in [-0.1, -0.05) is 30.3 Å². The van der Waals surface area contributed by atoms with E-state index in [1.807, 2.05) is 0 Å². The van der Waals surface area contributed by atoms with Crippen molar-refractivity contribution in [3.63, 3.8) is 0 Å². The smallest absolute Gasteiger partial charge is 0.406 e. The van der Waals surface area contributed by atoms with Crippen molar-refractivity contribution in [2.75, 3.05) is 0 Å². The number of nitrogen functional groups attached to an aromatic ring is 1. The highest BCUT2D eigenvalue weighted by molar-refractivity contribution is 6.19. The largest absolute Gasteiger partial charge is 0.413 e. The van der Waals surface area contributed by atoms with Crippen LogP contribution in [0.25, 0.3) is 5.57 Å². The normalized spacial score (nSPS) is 24.5. The summed E-state index contributed by atoms with van der Waals surface area (Å²) in [5, 5.41) is 18.4. The van der Waals surface area contributed by atoms with Crippen LogP contribution in [0.5, 0.6) is 0 Å². The van der Waals surface area contributed by atoms with Gasteiger partial charge in [0.2, 0.25) is 0 Å². The number of benzene rings is 1. The Bertz CT molecular complexity index is 1000. The average Bonchev–Trinajstić information content (AvgIpc) is 3.27. The molecule has 4 rings (SSSR count). The third-order valence-electron chi connectivity index (χ3n) is 4.83. The lowest BCUT2D eigenvalue weighted by Crippen LogP contribution is -2.54. The number of nitrogens with two attached hydrogens (primary N) is 1. The Balaban J connectivity index is 1.75. The van der Waals surface area contributed by atoms with Crippen LogP contribution in [-0.4, -0.2) is 45.3 Å². The minimum Gasteiger partial charge on any atom is -0.413 e. The molecule has 0 aliphatic carbocycles. The van der Waals surface area contributed by atoms with Crippen LogP contribution in [0.4, 0.5) is 13.2 Å². The fourth-order valence-corrected chi connectivity index (χ4v) is 3.58. The van der Waals surface area contributed by atoms with E-state index in [0.717, 1.165) is 5.01 Å². The van der Waals surface area contributed by atoms with Gasteiger partial charge in [-0.25, -0.2) is 10.4 Å². The van der Waals surface area contributed by atoms with E-state index in [2.05, 4.69) is 20.9 Å². The van der Waals surface area contributed by atoms with E-state index in [9.17, 15) is 18.0 Å². The molecule has 0 radical (unpaired) electrons. The van der Waals surface area contributed by atoms with Crippen LogP contribution < -0.4 is 16.5 Å². The number of halogens is 3. The van der Waals surface area contributed by atoms with Gasteiger partial charge < -0.3 is 15.5 Å². The van der Waals surface area contributed by atoms with Crippen LogP contribution in [0.3, 0.4) is 0 Å². The van der Waals surface area contributed by atoms with Gasteiger partial charge in [-0.3, -0.25) is 10.2 Å². The Labute approximate surface area is 162 Å². The van der Waals surface area contributed by atoms with Crippen molar-refractivity contribution in [1.82, 2.24) is 25.9 Å². The number of hydrogen-bond donors (Lipinski definition) is 4. The van der Waals surface area contributed by atoms with E-state index in [-0.39, 0.29) is 23.1 Å². The summed E-state index contributed by atoms with van der Waals surface area (Å²) in [5.41, 5.74) is 8.19. The summed E-state index contributed by atoms with van der Waals surface area (Å²) in [5.74, 6) is -2.85. The van der Waals surface area contributed by atoms with Crippen LogP contribution in [0.1, 0.15) is 30.2 Å². The number of aromatic nitrogens is 2. The zero-order chi connectivity index (χ0) is 20.9. The molecule has 1 aromatic carbocycles. The molecule has 0 bridgehead atoms. The van der Waals surface area contributed by atoms with Crippen molar-refractivity contribution in [1.29, 1.82) is 5.41 Å². The monoisotopic (exact) mass is 407 g/mol. The highest BCUT2D eigenvalue weighted by atomic mass is 19.4. The minimum atomic E-state index is -4.60. The summed E-state index contributed by atoms with van der Waals surface area (Å²) in [6.07, 6.45) is -5.57. The Morgan fingerprint density at radius 1 is 1.28 bits per heavy atom. The summed E-state index contributed by atoms with van der Waals surface area (Å²) in [7, 11) is 0. The molecule has 1 fully saturated rings. The maximum Gasteiger partial charge on any atom is 0.406 e. The Kier molecular flexibility index (Phi) is 4.30. The minimum absolute atomic E-state index is 0.0941. The summed E-state index contributed by atoms with van der Waals surface area (Å²) in [6.45, 7) is 1.53. The molecule has 3 unspecified atom stereocenters. The number of allylic oxidation sites excluding steroid dienone is 1. The van der Waals surface area contributed by atoms with Crippen molar-refractivity contribution in [2.45, 2.75) is 31.2 Å². The molecule has 2 aliphatic rings. The molecule has 12 heteroatoms. The molecule has 152 valence electrons. The second-order valence-corrected chi connectivity index (χ2v) is 6.68. The van der Waals surface area contributed by atoms with Gasteiger partial charge in [-0.05, 0) is 12.5 Å². The Morgan fingerprint density at radius 3 is 2.55 bits per heavy atom. The third-order valence-corrected chi connectivity index (χ3v) is 4.83. The second kappa shape index (κ2) is 6.58. The first kappa shape index (κ1) is 18.9. The number of amides is 1. The molecule has 0 saturated carbocycles. The average molecular weight is 407 g/mol. The molecule has 3 heterocycles. The number of hydrogen-bond acceptors (Lipinski definition) is 7. The summed E-state index contributed by atoms with van der Waals surface area (Å²) < 4.78 is 46.5. The first-order valence-corrected chi connectivity index (χ1v) is 8.55. The number of alkyl halides is 3. The van der Waals surface area contributed by atoms with Crippen molar-refractivity contribution >= 4 is 17.3 Å². The van der Waals surface area contributed by atoms with Crippen molar-refractivity contribution in [3.8, 4) is 0 Å². The van der Waals surface area contributed by atoms with Gasteiger partial charge in [0, 0.05) is 5.70 Å². The standard InChI is InChI=1S/C17H16F3N7O2/c1-7-9(14-24-25-15(29-14)12(21)22)16(28)27-13(23-7)10(8-5-3-2-4-6-8)11(26-27)17(18,19)20/h2-6,10-11,13,23,26H,1H3,(H3,21,22). The van der Waals surface area contributed by atoms with Gasteiger partial charge in [0.25, 0.3) is 17.7 Å².